The molecular formula is C23H19N3O4S. The van der Waals surface area contributed by atoms with Gasteiger partial charge in [0, 0.05) is 28.5 Å². The van der Waals surface area contributed by atoms with Crippen molar-refractivity contribution in [3.05, 3.63) is 100 Å². The number of amides is 1. The van der Waals surface area contributed by atoms with Crippen LogP contribution in [0.2, 0.25) is 0 Å². The number of rotatable bonds is 5. The molecule has 4 aromatic rings. The van der Waals surface area contributed by atoms with Crippen molar-refractivity contribution in [3.8, 4) is 0 Å². The minimum absolute atomic E-state index is 0.0112. The van der Waals surface area contributed by atoms with Crippen LogP contribution in [0.4, 0.5) is 11.4 Å². The fraction of sp³-hybridized carbons (Fsp3) is 0.0435. The van der Waals surface area contributed by atoms with E-state index in [4.69, 9.17) is 0 Å². The van der Waals surface area contributed by atoms with Gasteiger partial charge in [0.15, 0.2) is 0 Å². The molecule has 0 aliphatic carbocycles. The minimum Gasteiger partial charge on any atom is -0.360 e. The lowest BCUT2D eigenvalue weighted by molar-refractivity contribution is 0.102. The molecule has 0 aliphatic heterocycles. The summed E-state index contributed by atoms with van der Waals surface area (Å²) in [5.74, 6) is -0.556. The zero-order chi connectivity index (χ0) is 22.0. The van der Waals surface area contributed by atoms with Crippen molar-refractivity contribution in [2.45, 2.75) is 11.8 Å². The quantitative estimate of drug-likeness (QED) is 0.444. The van der Waals surface area contributed by atoms with E-state index in [1.54, 1.807) is 48.5 Å². The van der Waals surface area contributed by atoms with Gasteiger partial charge in [0.1, 0.15) is 5.56 Å². The molecule has 0 atom stereocenters. The summed E-state index contributed by atoms with van der Waals surface area (Å²) in [4.78, 5) is 28.2. The largest absolute Gasteiger partial charge is 0.360 e. The van der Waals surface area contributed by atoms with Crippen molar-refractivity contribution in [2.75, 3.05) is 10.0 Å². The van der Waals surface area contributed by atoms with Gasteiger partial charge in [-0.15, -0.1) is 0 Å². The normalized spacial score (nSPS) is 11.3. The van der Waals surface area contributed by atoms with Crippen LogP contribution >= 0.6 is 0 Å². The third-order valence-electron chi connectivity index (χ3n) is 4.76. The van der Waals surface area contributed by atoms with Gasteiger partial charge in [0.25, 0.3) is 15.9 Å². The fourth-order valence-corrected chi connectivity index (χ4v) is 4.15. The number of anilines is 2. The van der Waals surface area contributed by atoms with E-state index >= 15 is 0 Å². The van der Waals surface area contributed by atoms with Gasteiger partial charge in [-0.1, -0.05) is 29.8 Å². The molecule has 8 heteroatoms. The SMILES string of the molecule is Cc1ccc(S(=O)(=O)Nc2ccc(NC(=O)c3c[nH]c4ccccc4c3=O)cc2)cc1. The lowest BCUT2D eigenvalue weighted by Gasteiger charge is -2.10. The molecule has 1 aromatic heterocycles. The van der Waals surface area contributed by atoms with E-state index in [1.165, 1.54) is 30.5 Å². The van der Waals surface area contributed by atoms with Crippen molar-refractivity contribution in [1.82, 2.24) is 4.98 Å². The van der Waals surface area contributed by atoms with Gasteiger partial charge < -0.3 is 10.3 Å². The Hall–Kier alpha value is -3.91. The smallest absolute Gasteiger partial charge is 0.261 e. The van der Waals surface area contributed by atoms with Crippen LogP contribution in [-0.2, 0) is 10.0 Å². The number of H-pyrrole nitrogens is 1. The maximum atomic E-state index is 12.6. The van der Waals surface area contributed by atoms with Gasteiger partial charge in [0.05, 0.1) is 4.90 Å². The maximum Gasteiger partial charge on any atom is 0.261 e. The Labute approximate surface area is 178 Å². The number of nitrogens with one attached hydrogen (secondary N) is 3. The molecule has 0 fully saturated rings. The Balaban J connectivity index is 1.50. The molecule has 0 saturated carbocycles. The number of sulfonamides is 1. The number of para-hydroxylation sites is 1. The lowest BCUT2D eigenvalue weighted by atomic mass is 10.1. The van der Waals surface area contributed by atoms with E-state index in [0.717, 1.165) is 5.56 Å². The van der Waals surface area contributed by atoms with Gasteiger partial charge in [-0.25, -0.2) is 8.42 Å². The summed E-state index contributed by atoms with van der Waals surface area (Å²) < 4.78 is 27.5. The van der Waals surface area contributed by atoms with Gasteiger partial charge >= 0.3 is 0 Å². The van der Waals surface area contributed by atoms with Crippen LogP contribution in [-0.4, -0.2) is 19.3 Å². The van der Waals surface area contributed by atoms with Gasteiger partial charge in [-0.2, -0.15) is 0 Å². The molecule has 0 spiro atoms. The highest BCUT2D eigenvalue weighted by Gasteiger charge is 2.15. The highest BCUT2D eigenvalue weighted by atomic mass is 32.2. The molecular weight excluding hydrogens is 414 g/mol. The summed E-state index contributed by atoms with van der Waals surface area (Å²) >= 11 is 0. The molecule has 1 heterocycles. The molecule has 1 amide bonds. The number of pyridine rings is 1. The average molecular weight is 433 g/mol. The Morgan fingerprint density at radius 1 is 0.871 bits per heavy atom. The monoisotopic (exact) mass is 433 g/mol. The summed E-state index contributed by atoms with van der Waals surface area (Å²) in [5, 5.41) is 3.08. The molecule has 4 rings (SSSR count). The zero-order valence-corrected chi connectivity index (χ0v) is 17.4. The molecule has 7 nitrogen and oxygen atoms in total. The first-order chi connectivity index (χ1) is 14.8. The minimum atomic E-state index is -3.72. The topological polar surface area (TPSA) is 108 Å². The van der Waals surface area contributed by atoms with Crippen molar-refractivity contribution < 1.29 is 13.2 Å². The summed E-state index contributed by atoms with van der Waals surface area (Å²) in [6, 6.07) is 19.6. The number of aryl methyl sites for hydroxylation is 1. The number of carbonyl (C=O) groups is 1. The maximum absolute atomic E-state index is 12.6. The van der Waals surface area contributed by atoms with Crippen LogP contribution in [0.1, 0.15) is 15.9 Å². The van der Waals surface area contributed by atoms with Crippen molar-refractivity contribution in [2.24, 2.45) is 0 Å². The number of aromatic amines is 1. The van der Waals surface area contributed by atoms with E-state index in [0.29, 0.717) is 22.3 Å². The third kappa shape index (κ3) is 4.34. The highest BCUT2D eigenvalue weighted by Crippen LogP contribution is 2.19. The van der Waals surface area contributed by atoms with Gasteiger partial charge in [-0.3, -0.25) is 14.3 Å². The molecule has 31 heavy (non-hydrogen) atoms. The Kier molecular flexibility index (Phi) is 5.31. The molecule has 3 aromatic carbocycles. The molecule has 0 radical (unpaired) electrons. The summed E-state index contributed by atoms with van der Waals surface area (Å²) in [5.41, 5.74) is 2.01. The van der Waals surface area contributed by atoms with Crippen LogP contribution in [0.25, 0.3) is 10.9 Å². The Bertz CT molecular complexity index is 1420. The number of benzene rings is 3. The lowest BCUT2D eigenvalue weighted by Crippen LogP contribution is -2.21. The molecule has 0 unspecified atom stereocenters. The van der Waals surface area contributed by atoms with E-state index < -0.39 is 15.9 Å². The summed E-state index contributed by atoms with van der Waals surface area (Å²) in [6.45, 7) is 1.88. The molecule has 0 aliphatic rings. The first-order valence-corrected chi connectivity index (χ1v) is 10.9. The molecule has 0 bridgehead atoms. The van der Waals surface area contributed by atoms with Crippen molar-refractivity contribution in [3.63, 3.8) is 0 Å². The number of aromatic nitrogens is 1. The average Bonchev–Trinajstić information content (AvgIpc) is 2.75. The van der Waals surface area contributed by atoms with Crippen LogP contribution in [0, 0.1) is 6.92 Å². The van der Waals surface area contributed by atoms with Crippen LogP contribution < -0.4 is 15.5 Å². The van der Waals surface area contributed by atoms with E-state index in [1.807, 2.05) is 6.92 Å². The number of hydrogen-bond donors (Lipinski definition) is 3. The number of carbonyl (C=O) groups excluding carboxylic acids is 1. The number of hydrogen-bond acceptors (Lipinski definition) is 4. The molecule has 0 saturated heterocycles. The van der Waals surface area contributed by atoms with Gasteiger partial charge in [0.2, 0.25) is 5.43 Å². The van der Waals surface area contributed by atoms with Crippen LogP contribution in [0.15, 0.2) is 88.7 Å². The second-order valence-corrected chi connectivity index (χ2v) is 8.71. The summed E-state index contributed by atoms with van der Waals surface area (Å²) in [7, 11) is -3.72. The van der Waals surface area contributed by atoms with E-state index in [9.17, 15) is 18.0 Å². The Morgan fingerprint density at radius 3 is 2.23 bits per heavy atom. The summed E-state index contributed by atoms with van der Waals surface area (Å²) in [6.07, 6.45) is 1.38. The predicted molar refractivity (Wildman–Crippen MR) is 121 cm³/mol. The predicted octanol–water partition coefficient (Wildman–Crippen LogP) is 3.89. The Morgan fingerprint density at radius 2 is 1.52 bits per heavy atom. The third-order valence-corrected chi connectivity index (χ3v) is 6.16. The highest BCUT2D eigenvalue weighted by molar-refractivity contribution is 7.92. The molecule has 3 N–H and O–H groups in total. The second kappa shape index (κ2) is 8.08. The van der Waals surface area contributed by atoms with Crippen LogP contribution in [0.3, 0.4) is 0 Å². The van der Waals surface area contributed by atoms with Crippen molar-refractivity contribution >= 4 is 38.2 Å². The standard InChI is InChI=1S/C23H19N3O4S/c1-15-6-12-18(13-7-15)31(29,30)26-17-10-8-16(9-11-17)25-23(28)20-14-24-21-5-3-2-4-19(21)22(20)27/h2-14,26H,1H3,(H,24,27)(H,25,28). The van der Waals surface area contributed by atoms with Crippen LogP contribution in [0.5, 0.6) is 0 Å². The second-order valence-electron chi connectivity index (χ2n) is 7.03. The zero-order valence-electron chi connectivity index (χ0n) is 16.5. The van der Waals surface area contributed by atoms with Crippen molar-refractivity contribution in [1.29, 1.82) is 0 Å². The first kappa shape index (κ1) is 20.4. The van der Waals surface area contributed by atoms with E-state index in [2.05, 4.69) is 15.0 Å². The van der Waals surface area contributed by atoms with E-state index in [-0.39, 0.29) is 15.9 Å². The first-order valence-electron chi connectivity index (χ1n) is 9.45. The van der Waals surface area contributed by atoms with Gasteiger partial charge in [-0.05, 0) is 55.5 Å². The molecule has 156 valence electrons. The number of fused-ring (bicyclic) bond motifs is 1. The fourth-order valence-electron chi connectivity index (χ4n) is 3.09.